The number of carbonyl (C=O) groups excluding carboxylic acids is 1. The maximum atomic E-state index is 12.6. The van der Waals surface area contributed by atoms with Gasteiger partial charge in [0.1, 0.15) is 17.4 Å². The highest BCUT2D eigenvalue weighted by Gasteiger charge is 2.15. The molecule has 1 amide bonds. The minimum absolute atomic E-state index is 0.120. The Labute approximate surface area is 170 Å². The van der Waals surface area contributed by atoms with E-state index in [0.717, 1.165) is 27.6 Å². The van der Waals surface area contributed by atoms with Gasteiger partial charge in [-0.25, -0.2) is 4.98 Å². The van der Waals surface area contributed by atoms with Gasteiger partial charge in [-0.2, -0.15) is 0 Å². The molecular formula is C23H26N2O2S. The summed E-state index contributed by atoms with van der Waals surface area (Å²) in [6.07, 6.45) is 0.418. The van der Waals surface area contributed by atoms with Crippen LogP contribution in [0.5, 0.6) is 5.75 Å². The van der Waals surface area contributed by atoms with Crippen molar-refractivity contribution in [3.8, 4) is 5.75 Å². The number of amides is 1. The number of hydrogen-bond donors (Lipinski definition) is 0. The van der Waals surface area contributed by atoms with Crippen LogP contribution in [0.1, 0.15) is 34.3 Å². The molecule has 0 saturated carbocycles. The van der Waals surface area contributed by atoms with Crippen LogP contribution in [-0.4, -0.2) is 22.3 Å². The molecule has 1 aromatic heterocycles. The highest BCUT2D eigenvalue weighted by molar-refractivity contribution is 7.09. The Kier molecular flexibility index (Phi) is 6.82. The number of carbonyl (C=O) groups is 1. The number of benzene rings is 2. The van der Waals surface area contributed by atoms with Crippen LogP contribution < -0.4 is 4.74 Å². The van der Waals surface area contributed by atoms with Crippen molar-refractivity contribution in [2.75, 3.05) is 6.54 Å². The molecule has 0 N–H and O–H groups in total. The first-order chi connectivity index (χ1) is 13.6. The topological polar surface area (TPSA) is 42.4 Å². The van der Waals surface area contributed by atoms with Gasteiger partial charge in [0.2, 0.25) is 5.91 Å². The zero-order valence-electron chi connectivity index (χ0n) is 16.6. The number of likely N-dealkylation sites (N-methyl/N-ethyl adjacent to an activating group) is 1. The lowest BCUT2D eigenvalue weighted by Crippen LogP contribution is -2.31. The summed E-state index contributed by atoms with van der Waals surface area (Å²) >= 11 is 1.57. The third-order valence-electron chi connectivity index (χ3n) is 4.79. The molecule has 0 aliphatic carbocycles. The Morgan fingerprint density at radius 1 is 1.11 bits per heavy atom. The molecule has 2 aromatic carbocycles. The summed E-state index contributed by atoms with van der Waals surface area (Å²) in [6.45, 7) is 7.78. The molecule has 0 atom stereocenters. The molecule has 3 rings (SSSR count). The van der Waals surface area contributed by atoms with Gasteiger partial charge in [0, 0.05) is 11.9 Å². The molecular weight excluding hydrogens is 368 g/mol. The molecule has 146 valence electrons. The van der Waals surface area contributed by atoms with E-state index in [2.05, 4.69) is 24.9 Å². The van der Waals surface area contributed by atoms with Gasteiger partial charge < -0.3 is 9.64 Å². The van der Waals surface area contributed by atoms with Crippen LogP contribution >= 0.6 is 11.3 Å². The molecule has 0 bridgehead atoms. The van der Waals surface area contributed by atoms with Crippen molar-refractivity contribution < 1.29 is 9.53 Å². The Bertz CT molecular complexity index is 921. The van der Waals surface area contributed by atoms with Crippen molar-refractivity contribution in [3.05, 3.63) is 81.3 Å². The summed E-state index contributed by atoms with van der Waals surface area (Å²) in [5.74, 6) is 1.01. The molecule has 0 aliphatic heterocycles. The van der Waals surface area contributed by atoms with Gasteiger partial charge in [0.05, 0.1) is 18.7 Å². The Morgan fingerprint density at radius 3 is 2.64 bits per heavy atom. The maximum Gasteiger partial charge on any atom is 0.227 e. The van der Waals surface area contributed by atoms with Gasteiger partial charge in [0.15, 0.2) is 0 Å². The highest BCUT2D eigenvalue weighted by atomic mass is 32.1. The lowest BCUT2D eigenvalue weighted by Gasteiger charge is -2.20. The molecule has 5 heteroatoms. The molecule has 0 saturated heterocycles. The molecule has 1 heterocycles. The predicted octanol–water partition coefficient (Wildman–Crippen LogP) is 4.93. The third-order valence-corrected chi connectivity index (χ3v) is 5.66. The Morgan fingerprint density at radius 2 is 1.89 bits per heavy atom. The molecule has 28 heavy (non-hydrogen) atoms. The van der Waals surface area contributed by atoms with Gasteiger partial charge in [-0.3, -0.25) is 4.79 Å². The SMILES string of the molecule is CCN(Cc1csc(COc2cccc(C)c2C)n1)C(=O)Cc1ccccc1. The maximum absolute atomic E-state index is 12.6. The average Bonchev–Trinajstić information content (AvgIpc) is 3.15. The van der Waals surface area contributed by atoms with Crippen molar-refractivity contribution >= 4 is 17.2 Å². The first-order valence-corrected chi connectivity index (χ1v) is 10.4. The highest BCUT2D eigenvalue weighted by Crippen LogP contribution is 2.22. The zero-order valence-corrected chi connectivity index (χ0v) is 17.5. The standard InChI is InChI=1S/C23H26N2O2S/c1-4-25(23(26)13-19-10-6-5-7-11-19)14-20-16-28-22(24-20)15-27-21-12-8-9-17(2)18(21)3/h5-12,16H,4,13-15H2,1-3H3. The largest absolute Gasteiger partial charge is 0.486 e. The molecule has 0 aliphatic rings. The van der Waals surface area contributed by atoms with Crippen molar-refractivity contribution in [2.24, 2.45) is 0 Å². The number of thiazole rings is 1. The van der Waals surface area contributed by atoms with Crippen LogP contribution in [0.2, 0.25) is 0 Å². The average molecular weight is 395 g/mol. The lowest BCUT2D eigenvalue weighted by molar-refractivity contribution is -0.130. The van der Waals surface area contributed by atoms with E-state index in [9.17, 15) is 4.79 Å². The van der Waals surface area contributed by atoms with Gasteiger partial charge in [0.25, 0.3) is 0 Å². The number of hydrogen-bond acceptors (Lipinski definition) is 4. The van der Waals surface area contributed by atoms with E-state index in [4.69, 9.17) is 4.74 Å². The number of rotatable bonds is 8. The molecule has 0 unspecified atom stereocenters. The van der Waals surface area contributed by atoms with E-state index in [-0.39, 0.29) is 5.91 Å². The Balaban J connectivity index is 1.58. The van der Waals surface area contributed by atoms with Crippen LogP contribution in [0, 0.1) is 13.8 Å². The number of ether oxygens (including phenoxy) is 1. The van der Waals surface area contributed by atoms with E-state index in [0.29, 0.717) is 26.1 Å². The number of aromatic nitrogens is 1. The smallest absolute Gasteiger partial charge is 0.227 e. The molecule has 0 radical (unpaired) electrons. The van der Waals surface area contributed by atoms with Crippen LogP contribution in [-0.2, 0) is 24.4 Å². The van der Waals surface area contributed by atoms with Crippen molar-refractivity contribution in [3.63, 3.8) is 0 Å². The van der Waals surface area contributed by atoms with Gasteiger partial charge >= 0.3 is 0 Å². The van der Waals surface area contributed by atoms with Gasteiger partial charge in [-0.15, -0.1) is 11.3 Å². The normalized spacial score (nSPS) is 10.7. The summed E-state index contributed by atoms with van der Waals surface area (Å²) in [4.78, 5) is 19.1. The second-order valence-electron chi connectivity index (χ2n) is 6.79. The molecule has 4 nitrogen and oxygen atoms in total. The van der Waals surface area contributed by atoms with Crippen molar-refractivity contribution in [1.82, 2.24) is 9.88 Å². The molecule has 0 spiro atoms. The van der Waals surface area contributed by atoms with Gasteiger partial charge in [-0.1, -0.05) is 42.5 Å². The number of aryl methyl sites for hydroxylation is 1. The Hall–Kier alpha value is -2.66. The fourth-order valence-electron chi connectivity index (χ4n) is 2.96. The summed E-state index contributed by atoms with van der Waals surface area (Å²) < 4.78 is 5.94. The monoisotopic (exact) mass is 394 g/mol. The zero-order chi connectivity index (χ0) is 19.9. The second-order valence-corrected chi connectivity index (χ2v) is 7.73. The van der Waals surface area contributed by atoms with E-state index >= 15 is 0 Å². The van der Waals surface area contributed by atoms with Gasteiger partial charge in [-0.05, 0) is 43.5 Å². The molecule has 3 aromatic rings. The second kappa shape index (κ2) is 9.51. The van der Waals surface area contributed by atoms with Crippen LogP contribution in [0.3, 0.4) is 0 Å². The fourth-order valence-corrected chi connectivity index (χ4v) is 3.66. The quantitative estimate of drug-likeness (QED) is 0.544. The van der Waals surface area contributed by atoms with Crippen LogP contribution in [0.15, 0.2) is 53.9 Å². The summed E-state index contributed by atoms with van der Waals surface area (Å²) in [6, 6.07) is 15.9. The summed E-state index contributed by atoms with van der Waals surface area (Å²) in [7, 11) is 0. The van der Waals surface area contributed by atoms with E-state index in [1.165, 1.54) is 5.56 Å². The van der Waals surface area contributed by atoms with Crippen molar-refractivity contribution in [1.29, 1.82) is 0 Å². The van der Waals surface area contributed by atoms with E-state index in [1.807, 2.05) is 59.7 Å². The summed E-state index contributed by atoms with van der Waals surface area (Å²) in [5.41, 5.74) is 4.32. The van der Waals surface area contributed by atoms with E-state index < -0.39 is 0 Å². The first kappa shape index (κ1) is 20.1. The number of nitrogens with zero attached hydrogens (tertiary/aromatic N) is 2. The minimum Gasteiger partial charge on any atom is -0.486 e. The van der Waals surface area contributed by atoms with Crippen molar-refractivity contribution in [2.45, 2.75) is 40.3 Å². The van der Waals surface area contributed by atoms with E-state index in [1.54, 1.807) is 11.3 Å². The molecule has 0 fully saturated rings. The minimum atomic E-state index is 0.120. The fraction of sp³-hybridized carbons (Fsp3) is 0.304. The third kappa shape index (κ3) is 5.20. The lowest BCUT2D eigenvalue weighted by atomic mass is 10.1. The van der Waals surface area contributed by atoms with Crippen LogP contribution in [0.25, 0.3) is 0 Å². The van der Waals surface area contributed by atoms with Crippen LogP contribution in [0.4, 0.5) is 0 Å². The predicted molar refractivity (Wildman–Crippen MR) is 114 cm³/mol. The summed E-state index contributed by atoms with van der Waals surface area (Å²) in [5, 5.41) is 2.93. The first-order valence-electron chi connectivity index (χ1n) is 9.50.